The van der Waals surface area contributed by atoms with Crippen LogP contribution in [0.5, 0.6) is 0 Å². The second-order valence-corrected chi connectivity index (χ2v) is 19.0. The molecule has 12 heteroatoms. The van der Waals surface area contributed by atoms with Crippen molar-refractivity contribution in [2.45, 2.75) is 188 Å². The molecule has 356 valence electrons. The predicted octanol–water partition coefficient (Wildman–Crippen LogP) is 12.1. The Balaban J connectivity index is 2.39. The van der Waals surface area contributed by atoms with E-state index >= 15 is 0 Å². The first-order chi connectivity index (χ1) is 29.7. The summed E-state index contributed by atoms with van der Waals surface area (Å²) in [6.07, 6.45) is 36.1. The number of hydrogen-bond acceptors (Lipinski definition) is 9. The van der Waals surface area contributed by atoms with E-state index in [1.165, 1.54) is 49.0 Å². The molecule has 0 spiro atoms. The van der Waals surface area contributed by atoms with E-state index in [0.717, 1.165) is 89.2 Å². The molecule has 0 aliphatic rings. The van der Waals surface area contributed by atoms with Gasteiger partial charge in [-0.1, -0.05) is 127 Å². The molecule has 1 rings (SSSR count). The minimum Gasteiger partial charge on any atom is -0.466 e. The fraction of sp³-hybridized carbons (Fsp3) is 0.720. The summed E-state index contributed by atoms with van der Waals surface area (Å²) in [7, 11) is 1.40. The summed E-state index contributed by atoms with van der Waals surface area (Å²) in [5.41, 5.74) is 2.64. The van der Waals surface area contributed by atoms with Gasteiger partial charge < -0.3 is 28.4 Å². The summed E-state index contributed by atoms with van der Waals surface area (Å²) in [6, 6.07) is 0. The van der Waals surface area contributed by atoms with E-state index in [1.54, 1.807) is 0 Å². The second-order valence-electron chi connectivity index (χ2n) is 17.5. The Morgan fingerprint density at radius 2 is 1.21 bits per heavy atom. The molecule has 0 aliphatic heterocycles. The van der Waals surface area contributed by atoms with Crippen LogP contribution in [0.15, 0.2) is 53.0 Å². The normalized spacial score (nSPS) is 14.4. The Kier molecular flexibility index (Phi) is 32.8. The number of unbranched alkanes of at least 4 members (excludes halogenated alkanes) is 11. The van der Waals surface area contributed by atoms with Gasteiger partial charge in [0.15, 0.2) is 6.10 Å². The van der Waals surface area contributed by atoms with Crippen molar-refractivity contribution in [3.05, 3.63) is 71.3 Å². The summed E-state index contributed by atoms with van der Waals surface area (Å²) in [5.74, 6) is 1.41. The molecular formula is C50H87NO10P+. The van der Waals surface area contributed by atoms with Gasteiger partial charge in [0, 0.05) is 25.7 Å². The van der Waals surface area contributed by atoms with Crippen LogP contribution >= 0.6 is 7.82 Å². The molecular weight excluding hydrogens is 806 g/mol. The number of ether oxygens (including phenoxy) is 2. The van der Waals surface area contributed by atoms with Crippen molar-refractivity contribution in [3.8, 4) is 0 Å². The van der Waals surface area contributed by atoms with Gasteiger partial charge >= 0.3 is 19.8 Å². The molecule has 3 atom stereocenters. The molecule has 1 aromatic heterocycles. The number of carbonyl (C=O) groups is 2. The average Bonchev–Trinajstić information content (AvgIpc) is 3.49. The fourth-order valence-corrected chi connectivity index (χ4v) is 7.30. The summed E-state index contributed by atoms with van der Waals surface area (Å²) in [5, 5.41) is 9.83. The topological polar surface area (TPSA) is 142 Å². The van der Waals surface area contributed by atoms with Crippen LogP contribution in [0.25, 0.3) is 0 Å². The number of hydrogen-bond donors (Lipinski definition) is 2. The first kappa shape index (κ1) is 57.2. The van der Waals surface area contributed by atoms with E-state index in [4.69, 9.17) is 22.9 Å². The van der Waals surface area contributed by atoms with Crippen LogP contribution in [0.3, 0.4) is 0 Å². The number of quaternary nitrogens is 1. The summed E-state index contributed by atoms with van der Waals surface area (Å²) in [6.45, 7) is 8.48. The molecule has 0 bridgehead atoms. The second kappa shape index (κ2) is 35.5. The van der Waals surface area contributed by atoms with Crippen molar-refractivity contribution in [3.63, 3.8) is 0 Å². The minimum absolute atomic E-state index is 0.00752. The van der Waals surface area contributed by atoms with Crippen LogP contribution in [0.2, 0.25) is 0 Å². The smallest absolute Gasteiger partial charge is 0.466 e. The third-order valence-corrected chi connectivity index (χ3v) is 11.6. The molecule has 0 fully saturated rings. The third kappa shape index (κ3) is 32.0. The van der Waals surface area contributed by atoms with Crippen LogP contribution in [0.1, 0.15) is 171 Å². The van der Waals surface area contributed by atoms with Gasteiger partial charge in [-0.2, -0.15) is 0 Å². The Labute approximate surface area is 376 Å². The van der Waals surface area contributed by atoms with E-state index in [0.29, 0.717) is 30.3 Å². The van der Waals surface area contributed by atoms with Crippen LogP contribution in [-0.2, 0) is 45.5 Å². The van der Waals surface area contributed by atoms with E-state index in [1.807, 2.05) is 39.4 Å². The Morgan fingerprint density at radius 1 is 0.677 bits per heavy atom. The van der Waals surface area contributed by atoms with Crippen LogP contribution in [0.4, 0.5) is 0 Å². The number of rotatable bonds is 39. The average molecular weight is 893 g/mol. The third-order valence-electron chi connectivity index (χ3n) is 10.6. The van der Waals surface area contributed by atoms with E-state index in [9.17, 15) is 24.2 Å². The molecule has 11 nitrogen and oxygen atoms in total. The Morgan fingerprint density at radius 3 is 1.81 bits per heavy atom. The van der Waals surface area contributed by atoms with Gasteiger partial charge in [0.2, 0.25) is 0 Å². The summed E-state index contributed by atoms with van der Waals surface area (Å²) in [4.78, 5) is 35.5. The number of nitrogens with zero attached hydrogens (tertiary/aromatic N) is 1. The summed E-state index contributed by atoms with van der Waals surface area (Å²) < 4.78 is 40.6. The van der Waals surface area contributed by atoms with Crippen molar-refractivity contribution < 1.29 is 51.6 Å². The predicted molar refractivity (Wildman–Crippen MR) is 252 cm³/mol. The first-order valence-corrected chi connectivity index (χ1v) is 25.3. The number of allylic oxidation sites excluding steroid dienone is 7. The van der Waals surface area contributed by atoms with E-state index in [2.05, 4.69) is 58.1 Å². The van der Waals surface area contributed by atoms with Crippen LogP contribution in [0, 0.1) is 13.8 Å². The highest BCUT2D eigenvalue weighted by atomic mass is 31.2. The lowest BCUT2D eigenvalue weighted by Gasteiger charge is -2.24. The van der Waals surface area contributed by atoms with Crippen molar-refractivity contribution in [1.29, 1.82) is 0 Å². The molecule has 1 aromatic rings. The number of aliphatic hydroxyl groups is 1. The lowest BCUT2D eigenvalue weighted by atomic mass is 10.0. The molecule has 0 aliphatic carbocycles. The molecule has 0 aromatic carbocycles. The maximum atomic E-state index is 12.8. The van der Waals surface area contributed by atoms with Gasteiger partial charge in [0.25, 0.3) is 0 Å². The lowest BCUT2D eigenvalue weighted by molar-refractivity contribution is -0.870. The fourth-order valence-electron chi connectivity index (χ4n) is 6.56. The highest BCUT2D eigenvalue weighted by molar-refractivity contribution is 7.47. The largest absolute Gasteiger partial charge is 0.472 e. The molecule has 1 heterocycles. The van der Waals surface area contributed by atoms with E-state index in [-0.39, 0.29) is 32.2 Å². The van der Waals surface area contributed by atoms with Gasteiger partial charge in [-0.25, -0.2) is 4.57 Å². The molecule has 62 heavy (non-hydrogen) atoms. The van der Waals surface area contributed by atoms with Gasteiger partial charge in [-0.15, -0.1) is 0 Å². The SMILES string of the molecule is CCCCCc1oc(CCCCCCCCCCC(=O)O[C@H](COC(=O)CCC/C=C\C/C=C\C/C=C\C/C=C\[C@@H](O)CCCC)COP(=O)(O)OCC[N+](C)(C)C)c(C)c1C. The summed E-state index contributed by atoms with van der Waals surface area (Å²) >= 11 is 0. The number of aliphatic hydroxyl groups excluding tert-OH is 1. The van der Waals surface area contributed by atoms with Crippen molar-refractivity contribution in [1.82, 2.24) is 0 Å². The zero-order valence-corrected chi connectivity index (χ0v) is 40.8. The molecule has 0 radical (unpaired) electrons. The highest BCUT2D eigenvalue weighted by Crippen LogP contribution is 2.43. The Hall–Kier alpha value is -2.79. The van der Waals surface area contributed by atoms with Gasteiger partial charge in [-0.05, 0) is 82.8 Å². The molecule has 0 amide bonds. The first-order valence-electron chi connectivity index (χ1n) is 23.8. The molecule has 2 N–H and O–H groups in total. The van der Waals surface area contributed by atoms with Crippen molar-refractivity contribution in [2.75, 3.05) is 47.5 Å². The monoisotopic (exact) mass is 893 g/mol. The number of esters is 2. The molecule has 1 unspecified atom stereocenters. The Bertz CT molecular complexity index is 1490. The standard InChI is InChI=1S/C50H86NO10P/c1-8-10-28-35-47-43(3)44(4)48(61-47)36-30-25-21-18-19-23-27-32-38-50(54)60-46(42-59-62(55,56)58-40-39-51(5,6)7)41-57-49(53)37-31-26-22-17-15-13-12-14-16-20-24-29-34-45(52)33-11-9-2/h12-13,16-17,20,22,29,34,45-46,52H,8-11,14-15,18-19,21,23-28,30-33,35-42H2,1-7H3/p+1/b13-12-,20-16-,22-17-,34-29-/t45-,46+/m0/s1. The zero-order chi connectivity index (χ0) is 45.9. The number of phosphoric acid groups is 1. The number of carbonyl (C=O) groups excluding carboxylic acids is 2. The van der Waals surface area contributed by atoms with Crippen LogP contribution < -0.4 is 0 Å². The lowest BCUT2D eigenvalue weighted by Crippen LogP contribution is -2.37. The van der Waals surface area contributed by atoms with Crippen LogP contribution in [-0.4, -0.2) is 86.1 Å². The maximum Gasteiger partial charge on any atom is 0.472 e. The van der Waals surface area contributed by atoms with E-state index < -0.39 is 32.5 Å². The van der Waals surface area contributed by atoms with Crippen molar-refractivity contribution >= 4 is 19.8 Å². The van der Waals surface area contributed by atoms with Gasteiger partial charge in [0.05, 0.1) is 33.9 Å². The van der Waals surface area contributed by atoms with Gasteiger partial charge in [-0.3, -0.25) is 18.6 Å². The number of aryl methyl sites for hydroxylation is 2. The molecule has 0 saturated carbocycles. The number of furan rings is 1. The maximum absolute atomic E-state index is 12.8. The van der Waals surface area contributed by atoms with Crippen molar-refractivity contribution in [2.24, 2.45) is 0 Å². The molecule has 0 saturated heterocycles. The zero-order valence-electron chi connectivity index (χ0n) is 39.9. The number of phosphoric ester groups is 1. The minimum atomic E-state index is -4.41. The number of likely N-dealkylation sites (N-methyl/N-ethyl adjacent to an activating group) is 1. The van der Waals surface area contributed by atoms with Gasteiger partial charge in [0.1, 0.15) is 31.3 Å². The highest BCUT2D eigenvalue weighted by Gasteiger charge is 2.27. The quantitative estimate of drug-likeness (QED) is 0.0216.